The van der Waals surface area contributed by atoms with Crippen molar-refractivity contribution < 1.29 is 9.84 Å². The first-order valence-corrected chi connectivity index (χ1v) is 7.05. The minimum absolute atomic E-state index is 0.173. The van der Waals surface area contributed by atoms with E-state index >= 15 is 0 Å². The highest BCUT2D eigenvalue weighted by Gasteiger charge is 2.49. The lowest BCUT2D eigenvalue weighted by Gasteiger charge is -2.36. The fraction of sp³-hybridized carbons (Fsp3) is 0.600. The van der Waals surface area contributed by atoms with Gasteiger partial charge < -0.3 is 15.2 Å². The molecule has 0 amide bonds. The SMILES string of the molecule is COc1ccccc1NC1(CO)CCN2CCCC21. The van der Waals surface area contributed by atoms with Crippen molar-refractivity contribution in [3.05, 3.63) is 24.3 Å². The Balaban J connectivity index is 1.87. The average Bonchev–Trinajstić information content (AvgIpc) is 3.03. The molecule has 4 nitrogen and oxygen atoms in total. The second kappa shape index (κ2) is 5.02. The highest BCUT2D eigenvalue weighted by atomic mass is 16.5. The molecule has 2 saturated heterocycles. The molecule has 1 aromatic rings. The summed E-state index contributed by atoms with van der Waals surface area (Å²) in [6, 6.07) is 8.38. The number of nitrogens with one attached hydrogen (secondary N) is 1. The summed E-state index contributed by atoms with van der Waals surface area (Å²) in [7, 11) is 1.68. The van der Waals surface area contributed by atoms with Crippen LogP contribution in [0.2, 0.25) is 0 Å². The van der Waals surface area contributed by atoms with Gasteiger partial charge in [0.2, 0.25) is 0 Å². The van der Waals surface area contributed by atoms with Crippen molar-refractivity contribution in [3.8, 4) is 5.75 Å². The smallest absolute Gasteiger partial charge is 0.141 e. The Morgan fingerprint density at radius 3 is 3.05 bits per heavy atom. The van der Waals surface area contributed by atoms with Crippen LogP contribution in [0, 0.1) is 0 Å². The van der Waals surface area contributed by atoms with Gasteiger partial charge in [-0.1, -0.05) is 12.1 Å². The zero-order valence-electron chi connectivity index (χ0n) is 11.4. The predicted molar refractivity (Wildman–Crippen MR) is 75.6 cm³/mol. The molecule has 2 atom stereocenters. The highest BCUT2D eigenvalue weighted by Crippen LogP contribution is 2.39. The number of para-hydroxylation sites is 2. The van der Waals surface area contributed by atoms with Gasteiger partial charge in [-0.3, -0.25) is 4.90 Å². The molecule has 2 fully saturated rings. The van der Waals surface area contributed by atoms with E-state index in [9.17, 15) is 5.11 Å². The van der Waals surface area contributed by atoms with Gasteiger partial charge in [0.1, 0.15) is 5.75 Å². The predicted octanol–water partition coefficient (Wildman–Crippen LogP) is 1.71. The van der Waals surface area contributed by atoms with Crippen LogP contribution in [0.5, 0.6) is 5.75 Å². The zero-order chi connectivity index (χ0) is 13.3. The Kier molecular flexibility index (Phi) is 3.37. The Morgan fingerprint density at radius 2 is 2.26 bits per heavy atom. The van der Waals surface area contributed by atoms with E-state index in [0.717, 1.165) is 24.4 Å². The van der Waals surface area contributed by atoms with Gasteiger partial charge in [0, 0.05) is 12.6 Å². The second-order valence-electron chi connectivity index (χ2n) is 5.58. The lowest BCUT2D eigenvalue weighted by molar-refractivity contribution is 0.175. The van der Waals surface area contributed by atoms with Crippen molar-refractivity contribution in [2.24, 2.45) is 0 Å². The number of fused-ring (bicyclic) bond motifs is 1. The van der Waals surface area contributed by atoms with Gasteiger partial charge in [0.05, 0.1) is 24.9 Å². The van der Waals surface area contributed by atoms with E-state index in [-0.39, 0.29) is 12.1 Å². The summed E-state index contributed by atoms with van der Waals surface area (Å²) >= 11 is 0. The molecule has 0 saturated carbocycles. The molecule has 1 aromatic carbocycles. The summed E-state index contributed by atoms with van der Waals surface area (Å²) in [5, 5.41) is 13.5. The van der Waals surface area contributed by atoms with Gasteiger partial charge in [-0.2, -0.15) is 0 Å². The highest BCUT2D eigenvalue weighted by molar-refractivity contribution is 5.58. The third-order valence-corrected chi connectivity index (χ3v) is 4.62. The Bertz CT molecular complexity index is 452. The first kappa shape index (κ1) is 12.8. The number of anilines is 1. The van der Waals surface area contributed by atoms with Crippen LogP contribution in [-0.2, 0) is 0 Å². The van der Waals surface area contributed by atoms with Crippen LogP contribution in [0.1, 0.15) is 19.3 Å². The molecule has 19 heavy (non-hydrogen) atoms. The van der Waals surface area contributed by atoms with Crippen LogP contribution in [0.15, 0.2) is 24.3 Å². The van der Waals surface area contributed by atoms with E-state index in [1.54, 1.807) is 7.11 Å². The molecule has 0 aromatic heterocycles. The first-order chi connectivity index (χ1) is 9.29. The van der Waals surface area contributed by atoms with Crippen LogP contribution >= 0.6 is 0 Å². The summed E-state index contributed by atoms with van der Waals surface area (Å²) < 4.78 is 5.40. The first-order valence-electron chi connectivity index (χ1n) is 7.05. The van der Waals surface area contributed by atoms with Crippen molar-refractivity contribution in [2.75, 3.05) is 32.1 Å². The van der Waals surface area contributed by atoms with Crippen molar-refractivity contribution in [1.29, 1.82) is 0 Å². The molecule has 2 heterocycles. The maximum absolute atomic E-state index is 9.96. The van der Waals surface area contributed by atoms with E-state index in [1.165, 1.54) is 19.4 Å². The van der Waals surface area contributed by atoms with Crippen molar-refractivity contribution in [3.63, 3.8) is 0 Å². The molecule has 0 radical (unpaired) electrons. The average molecular weight is 262 g/mol. The van der Waals surface area contributed by atoms with Crippen LogP contribution in [0.3, 0.4) is 0 Å². The van der Waals surface area contributed by atoms with Crippen LogP contribution in [0.4, 0.5) is 5.69 Å². The number of benzene rings is 1. The molecule has 0 spiro atoms. The van der Waals surface area contributed by atoms with Gasteiger partial charge in [0.25, 0.3) is 0 Å². The summed E-state index contributed by atoms with van der Waals surface area (Å²) in [4.78, 5) is 2.50. The normalized spacial score (nSPS) is 30.3. The molecule has 104 valence electrons. The van der Waals surface area contributed by atoms with Gasteiger partial charge in [-0.25, -0.2) is 0 Å². The molecule has 0 aliphatic carbocycles. The van der Waals surface area contributed by atoms with Crippen LogP contribution < -0.4 is 10.1 Å². The number of hydrogen-bond donors (Lipinski definition) is 2. The third-order valence-electron chi connectivity index (χ3n) is 4.62. The van der Waals surface area contributed by atoms with E-state index in [0.29, 0.717) is 6.04 Å². The minimum Gasteiger partial charge on any atom is -0.495 e. The molecule has 3 rings (SSSR count). The Morgan fingerprint density at radius 1 is 1.42 bits per heavy atom. The maximum atomic E-state index is 9.96. The van der Waals surface area contributed by atoms with Crippen LogP contribution in [-0.4, -0.2) is 48.4 Å². The number of hydrogen-bond acceptors (Lipinski definition) is 4. The van der Waals surface area contributed by atoms with E-state index in [4.69, 9.17) is 4.74 Å². The third kappa shape index (κ3) is 2.09. The fourth-order valence-corrected chi connectivity index (χ4v) is 3.62. The van der Waals surface area contributed by atoms with E-state index < -0.39 is 0 Å². The zero-order valence-corrected chi connectivity index (χ0v) is 11.4. The van der Waals surface area contributed by atoms with E-state index in [1.807, 2.05) is 24.3 Å². The number of aliphatic hydroxyl groups is 1. The minimum atomic E-state index is -0.217. The number of ether oxygens (including phenoxy) is 1. The largest absolute Gasteiger partial charge is 0.495 e. The summed E-state index contributed by atoms with van der Waals surface area (Å²) in [5.74, 6) is 0.840. The lowest BCUT2D eigenvalue weighted by Crippen LogP contribution is -2.50. The van der Waals surface area contributed by atoms with Gasteiger partial charge >= 0.3 is 0 Å². The quantitative estimate of drug-likeness (QED) is 0.867. The summed E-state index contributed by atoms with van der Waals surface area (Å²) in [6.07, 6.45) is 3.40. The molecule has 2 aliphatic rings. The molecule has 0 bridgehead atoms. The molecular formula is C15H22N2O2. The molecule has 2 unspecified atom stereocenters. The second-order valence-corrected chi connectivity index (χ2v) is 5.58. The Hall–Kier alpha value is -1.26. The number of nitrogens with zero attached hydrogens (tertiary/aromatic N) is 1. The van der Waals surface area contributed by atoms with E-state index in [2.05, 4.69) is 10.2 Å². The molecule has 4 heteroatoms. The lowest BCUT2D eigenvalue weighted by atomic mass is 9.89. The molecular weight excluding hydrogens is 240 g/mol. The number of methoxy groups -OCH3 is 1. The van der Waals surface area contributed by atoms with Gasteiger partial charge in [-0.15, -0.1) is 0 Å². The molecule has 2 N–H and O–H groups in total. The van der Waals surface area contributed by atoms with Crippen molar-refractivity contribution >= 4 is 5.69 Å². The van der Waals surface area contributed by atoms with Gasteiger partial charge in [0.15, 0.2) is 0 Å². The van der Waals surface area contributed by atoms with Crippen molar-refractivity contribution in [1.82, 2.24) is 4.90 Å². The topological polar surface area (TPSA) is 44.7 Å². The summed E-state index contributed by atoms with van der Waals surface area (Å²) in [6.45, 7) is 2.42. The van der Waals surface area contributed by atoms with Gasteiger partial charge in [-0.05, 0) is 37.9 Å². The Labute approximate surface area is 114 Å². The maximum Gasteiger partial charge on any atom is 0.141 e. The number of rotatable bonds is 4. The van der Waals surface area contributed by atoms with Crippen LogP contribution in [0.25, 0.3) is 0 Å². The van der Waals surface area contributed by atoms with Crippen molar-refractivity contribution in [2.45, 2.75) is 30.8 Å². The summed E-state index contributed by atoms with van der Waals surface area (Å²) in [5.41, 5.74) is 0.762. The standard InChI is InChI=1S/C15H22N2O2/c1-19-13-6-3-2-5-12(13)16-15(11-18)8-10-17-9-4-7-14(15)17/h2-3,5-6,14,16,18H,4,7-11H2,1H3. The molecule has 2 aliphatic heterocycles. The monoisotopic (exact) mass is 262 g/mol. The fourth-order valence-electron chi connectivity index (χ4n) is 3.62. The number of aliphatic hydroxyl groups excluding tert-OH is 1.